The quantitative estimate of drug-likeness (QED) is 0.677. The van der Waals surface area contributed by atoms with E-state index in [0.29, 0.717) is 16.7 Å². The van der Waals surface area contributed by atoms with E-state index in [9.17, 15) is 0 Å². The second-order valence-corrected chi connectivity index (χ2v) is 8.42. The fourth-order valence-electron chi connectivity index (χ4n) is 5.44. The predicted molar refractivity (Wildman–Crippen MR) is 91.2 cm³/mol. The van der Waals surface area contributed by atoms with E-state index in [1.54, 1.807) is 0 Å². The Kier molecular flexibility index (Phi) is 5.03. The zero-order chi connectivity index (χ0) is 15.7. The number of hydrogen-bond acceptors (Lipinski definition) is 1. The Morgan fingerprint density at radius 2 is 2.05 bits per heavy atom. The van der Waals surface area contributed by atoms with Crippen LogP contribution in [0.3, 0.4) is 0 Å². The maximum atomic E-state index is 9.04. The molecule has 2 fully saturated rings. The summed E-state index contributed by atoms with van der Waals surface area (Å²) in [6, 6.07) is 0. The van der Waals surface area contributed by atoms with Gasteiger partial charge in [-0.25, -0.2) is 0 Å². The van der Waals surface area contributed by atoms with Gasteiger partial charge in [0.2, 0.25) is 0 Å². The summed E-state index contributed by atoms with van der Waals surface area (Å²) in [5.41, 5.74) is 3.74. The van der Waals surface area contributed by atoms with Crippen LogP contribution in [0.1, 0.15) is 72.6 Å². The lowest BCUT2D eigenvalue weighted by Crippen LogP contribution is -2.49. The molecule has 2 rings (SSSR count). The molecule has 0 aromatic carbocycles. The first-order valence-electron chi connectivity index (χ1n) is 8.75. The van der Waals surface area contributed by atoms with Crippen molar-refractivity contribution in [1.29, 1.82) is 0 Å². The van der Waals surface area contributed by atoms with Crippen LogP contribution < -0.4 is 0 Å². The smallest absolute Gasteiger partial charge is 0.0614 e. The van der Waals surface area contributed by atoms with Crippen molar-refractivity contribution in [1.82, 2.24) is 0 Å². The SMILES string of the molecule is C=C1CC[C@@H]2C(C)(C)CCC[C@]2(C)[C@H]1CC/C(C)=C/CO. The Balaban J connectivity index is 2.17. The highest BCUT2D eigenvalue weighted by Crippen LogP contribution is 2.61. The van der Waals surface area contributed by atoms with E-state index in [2.05, 4.69) is 34.3 Å². The monoisotopic (exact) mass is 290 g/mol. The molecule has 0 heterocycles. The maximum absolute atomic E-state index is 9.04. The second-order valence-electron chi connectivity index (χ2n) is 8.42. The summed E-state index contributed by atoms with van der Waals surface area (Å²) in [5, 5.41) is 9.04. The molecule has 0 spiro atoms. The van der Waals surface area contributed by atoms with Gasteiger partial charge in [-0.05, 0) is 68.1 Å². The van der Waals surface area contributed by atoms with Gasteiger partial charge in [0.15, 0.2) is 0 Å². The van der Waals surface area contributed by atoms with Crippen LogP contribution in [0.2, 0.25) is 0 Å². The maximum Gasteiger partial charge on any atom is 0.0614 e. The summed E-state index contributed by atoms with van der Waals surface area (Å²) >= 11 is 0. The summed E-state index contributed by atoms with van der Waals surface area (Å²) in [6.45, 7) is 14.3. The molecule has 0 radical (unpaired) electrons. The third kappa shape index (κ3) is 3.28. The normalized spacial score (nSPS) is 36.4. The molecule has 0 aromatic heterocycles. The summed E-state index contributed by atoms with van der Waals surface area (Å²) in [4.78, 5) is 0. The van der Waals surface area contributed by atoms with E-state index in [1.165, 1.54) is 49.7 Å². The largest absolute Gasteiger partial charge is 0.392 e. The molecule has 3 atom stereocenters. The molecule has 2 saturated carbocycles. The van der Waals surface area contributed by atoms with Crippen LogP contribution in [0.25, 0.3) is 0 Å². The molecule has 0 bridgehead atoms. The fourth-order valence-corrected chi connectivity index (χ4v) is 5.44. The van der Waals surface area contributed by atoms with Gasteiger partial charge in [0.25, 0.3) is 0 Å². The molecule has 0 amide bonds. The minimum absolute atomic E-state index is 0.171. The van der Waals surface area contributed by atoms with Crippen molar-refractivity contribution >= 4 is 0 Å². The van der Waals surface area contributed by atoms with Gasteiger partial charge in [0.1, 0.15) is 0 Å². The van der Waals surface area contributed by atoms with Crippen molar-refractivity contribution in [3.8, 4) is 0 Å². The lowest BCUT2D eigenvalue weighted by molar-refractivity contribution is -0.0539. The van der Waals surface area contributed by atoms with Crippen LogP contribution in [-0.2, 0) is 0 Å². The molecule has 2 aliphatic carbocycles. The van der Waals surface area contributed by atoms with E-state index in [0.717, 1.165) is 12.3 Å². The van der Waals surface area contributed by atoms with Gasteiger partial charge in [-0.3, -0.25) is 0 Å². The van der Waals surface area contributed by atoms with Gasteiger partial charge in [-0.2, -0.15) is 0 Å². The van der Waals surface area contributed by atoms with Gasteiger partial charge in [-0.1, -0.05) is 51.0 Å². The van der Waals surface area contributed by atoms with Crippen LogP contribution in [0.4, 0.5) is 0 Å². The van der Waals surface area contributed by atoms with Crippen LogP contribution >= 0.6 is 0 Å². The molecule has 2 aliphatic rings. The summed E-state index contributed by atoms with van der Waals surface area (Å²) in [6.07, 6.45) is 11.0. The van der Waals surface area contributed by atoms with Crippen LogP contribution in [-0.4, -0.2) is 11.7 Å². The van der Waals surface area contributed by atoms with Crippen molar-refractivity contribution < 1.29 is 5.11 Å². The van der Waals surface area contributed by atoms with Crippen molar-refractivity contribution in [3.05, 3.63) is 23.8 Å². The Hall–Kier alpha value is -0.560. The average molecular weight is 290 g/mol. The molecule has 0 aromatic rings. The summed E-state index contributed by atoms with van der Waals surface area (Å²) in [7, 11) is 0. The number of aliphatic hydroxyl groups excluding tert-OH is 1. The Labute approximate surface area is 131 Å². The topological polar surface area (TPSA) is 20.2 Å². The first-order chi connectivity index (χ1) is 9.81. The van der Waals surface area contributed by atoms with E-state index < -0.39 is 0 Å². The minimum atomic E-state index is 0.171. The molecule has 1 nitrogen and oxygen atoms in total. The third-order valence-corrected chi connectivity index (χ3v) is 6.59. The van der Waals surface area contributed by atoms with Gasteiger partial charge < -0.3 is 5.11 Å². The lowest BCUT2D eigenvalue weighted by atomic mass is 9.47. The molecular weight excluding hydrogens is 256 g/mol. The van der Waals surface area contributed by atoms with Crippen LogP contribution in [0, 0.1) is 22.7 Å². The van der Waals surface area contributed by atoms with Gasteiger partial charge >= 0.3 is 0 Å². The summed E-state index contributed by atoms with van der Waals surface area (Å²) in [5.74, 6) is 1.51. The fraction of sp³-hybridized carbons (Fsp3) is 0.800. The highest BCUT2D eigenvalue weighted by Gasteiger charge is 2.52. The van der Waals surface area contributed by atoms with E-state index in [4.69, 9.17) is 5.11 Å². The van der Waals surface area contributed by atoms with Crippen molar-refractivity contribution in [2.24, 2.45) is 22.7 Å². The van der Waals surface area contributed by atoms with Crippen molar-refractivity contribution in [3.63, 3.8) is 0 Å². The number of allylic oxidation sites excluding steroid dienone is 2. The number of hydrogen-bond donors (Lipinski definition) is 1. The van der Waals surface area contributed by atoms with E-state index >= 15 is 0 Å². The van der Waals surface area contributed by atoms with Gasteiger partial charge in [0.05, 0.1) is 6.61 Å². The van der Waals surface area contributed by atoms with Crippen molar-refractivity contribution in [2.45, 2.75) is 72.6 Å². The molecule has 1 N–H and O–H groups in total. The standard InChI is InChI=1S/C20H34O/c1-15(11-14-21)7-9-17-16(2)8-10-18-19(3,4)12-6-13-20(17,18)5/h11,17-18,21H,2,6-10,12-14H2,1,3-5H3/b15-11+/t17-,18+,20+/m0/s1. The molecule has 21 heavy (non-hydrogen) atoms. The Morgan fingerprint density at radius 1 is 1.33 bits per heavy atom. The van der Waals surface area contributed by atoms with Crippen LogP contribution in [0.15, 0.2) is 23.8 Å². The molecular formula is C20H34O. The first kappa shape index (κ1) is 16.8. The predicted octanol–water partition coefficient (Wildman–Crippen LogP) is 5.50. The lowest BCUT2D eigenvalue weighted by Gasteiger charge is -2.58. The Bertz CT molecular complexity index is 418. The zero-order valence-electron chi connectivity index (χ0n) is 14.5. The minimum Gasteiger partial charge on any atom is -0.392 e. The molecule has 1 heteroatoms. The highest BCUT2D eigenvalue weighted by atomic mass is 16.2. The zero-order valence-corrected chi connectivity index (χ0v) is 14.5. The molecule has 0 aliphatic heterocycles. The summed E-state index contributed by atoms with van der Waals surface area (Å²) < 4.78 is 0. The van der Waals surface area contributed by atoms with E-state index in [-0.39, 0.29) is 6.61 Å². The highest BCUT2D eigenvalue weighted by molar-refractivity contribution is 5.16. The number of rotatable bonds is 4. The molecule has 0 saturated heterocycles. The molecule has 120 valence electrons. The van der Waals surface area contributed by atoms with Crippen LogP contribution in [0.5, 0.6) is 0 Å². The van der Waals surface area contributed by atoms with E-state index in [1.807, 2.05) is 6.08 Å². The Morgan fingerprint density at radius 3 is 2.71 bits per heavy atom. The average Bonchev–Trinajstić information content (AvgIpc) is 2.37. The van der Waals surface area contributed by atoms with Gasteiger partial charge in [-0.15, -0.1) is 0 Å². The number of aliphatic hydroxyl groups is 1. The molecule has 0 unspecified atom stereocenters. The second kappa shape index (κ2) is 6.28. The first-order valence-corrected chi connectivity index (χ1v) is 8.75. The third-order valence-electron chi connectivity index (χ3n) is 6.59. The van der Waals surface area contributed by atoms with Crippen molar-refractivity contribution in [2.75, 3.05) is 6.61 Å². The van der Waals surface area contributed by atoms with Gasteiger partial charge in [0, 0.05) is 0 Å². The number of fused-ring (bicyclic) bond motifs is 1.